The van der Waals surface area contributed by atoms with Gasteiger partial charge in [0.2, 0.25) is 0 Å². The number of hydrogen-bond donors (Lipinski definition) is 3. The van der Waals surface area contributed by atoms with Crippen LogP contribution in [0.15, 0.2) is 18.2 Å². The van der Waals surface area contributed by atoms with E-state index < -0.39 is 5.97 Å². The third-order valence-corrected chi connectivity index (χ3v) is 5.84. The number of nitrogen functional groups attached to an aromatic ring is 1. The summed E-state index contributed by atoms with van der Waals surface area (Å²) in [5, 5.41) is 12.9. The zero-order valence-corrected chi connectivity index (χ0v) is 12.9. The molecule has 0 saturated heterocycles. The second kappa shape index (κ2) is 4.39. The summed E-state index contributed by atoms with van der Waals surface area (Å²) < 4.78 is 0. The standard InChI is InChI=1S/C17H24N2O2/c1-16(2)10-6-7-17(3,9-10)15(16)19-13-8-11(18)4-5-12(13)14(20)21/h4-5,8,10,15,19H,6-7,9,18H2,1-3H3,(H,20,21). The van der Waals surface area contributed by atoms with Gasteiger partial charge in [-0.2, -0.15) is 0 Å². The smallest absolute Gasteiger partial charge is 0.337 e. The number of carboxylic acid groups (broad SMARTS) is 1. The number of anilines is 2. The minimum Gasteiger partial charge on any atom is -0.478 e. The third-order valence-electron chi connectivity index (χ3n) is 5.84. The van der Waals surface area contributed by atoms with Gasteiger partial charge in [-0.1, -0.05) is 20.8 Å². The molecule has 1 aromatic carbocycles. The normalized spacial score (nSPS) is 33.1. The van der Waals surface area contributed by atoms with Gasteiger partial charge in [0.05, 0.1) is 11.3 Å². The van der Waals surface area contributed by atoms with E-state index in [9.17, 15) is 9.90 Å². The van der Waals surface area contributed by atoms with Crippen molar-refractivity contribution in [2.75, 3.05) is 11.1 Å². The van der Waals surface area contributed by atoms with E-state index in [1.807, 2.05) is 0 Å². The molecular weight excluding hydrogens is 264 g/mol. The molecule has 0 heterocycles. The Morgan fingerprint density at radius 1 is 1.38 bits per heavy atom. The van der Waals surface area contributed by atoms with Gasteiger partial charge in [0, 0.05) is 11.7 Å². The fourth-order valence-corrected chi connectivity index (χ4v) is 4.69. The maximum Gasteiger partial charge on any atom is 0.337 e. The molecule has 0 radical (unpaired) electrons. The van der Waals surface area contributed by atoms with E-state index in [-0.39, 0.29) is 16.9 Å². The molecule has 2 aliphatic carbocycles. The third kappa shape index (κ3) is 2.08. The zero-order chi connectivity index (χ0) is 15.4. The van der Waals surface area contributed by atoms with Crippen molar-refractivity contribution in [2.45, 2.75) is 46.1 Å². The van der Waals surface area contributed by atoms with Gasteiger partial charge in [0.15, 0.2) is 0 Å². The lowest BCUT2D eigenvalue weighted by molar-refractivity contribution is 0.0697. The molecule has 0 aliphatic heterocycles. The molecule has 2 saturated carbocycles. The molecule has 0 amide bonds. The Bertz CT molecular complexity index is 592. The lowest BCUT2D eigenvalue weighted by Crippen LogP contribution is -2.46. The minimum absolute atomic E-state index is 0.174. The first-order chi connectivity index (χ1) is 9.74. The maximum atomic E-state index is 11.4. The van der Waals surface area contributed by atoms with Crippen molar-refractivity contribution >= 4 is 17.3 Å². The summed E-state index contributed by atoms with van der Waals surface area (Å²) in [6.07, 6.45) is 3.72. The van der Waals surface area contributed by atoms with E-state index >= 15 is 0 Å². The van der Waals surface area contributed by atoms with Crippen LogP contribution in [-0.4, -0.2) is 17.1 Å². The number of nitrogens with one attached hydrogen (secondary N) is 1. The fraction of sp³-hybridized carbons (Fsp3) is 0.588. The van der Waals surface area contributed by atoms with E-state index in [4.69, 9.17) is 5.73 Å². The largest absolute Gasteiger partial charge is 0.478 e. The summed E-state index contributed by atoms with van der Waals surface area (Å²) in [7, 11) is 0. The minimum atomic E-state index is -0.913. The van der Waals surface area contributed by atoms with Crippen molar-refractivity contribution in [3.63, 3.8) is 0 Å². The van der Waals surface area contributed by atoms with E-state index in [1.54, 1.807) is 18.2 Å². The molecule has 1 aromatic rings. The second-order valence-corrected chi connectivity index (χ2v) is 7.60. The quantitative estimate of drug-likeness (QED) is 0.743. The Morgan fingerprint density at radius 3 is 2.67 bits per heavy atom. The summed E-state index contributed by atoms with van der Waals surface area (Å²) >= 11 is 0. The molecule has 114 valence electrons. The molecule has 2 bridgehead atoms. The number of rotatable bonds is 3. The van der Waals surface area contributed by atoms with Crippen LogP contribution in [0.5, 0.6) is 0 Å². The van der Waals surface area contributed by atoms with Crippen LogP contribution in [-0.2, 0) is 0 Å². The van der Waals surface area contributed by atoms with Crippen LogP contribution in [0.2, 0.25) is 0 Å². The Kier molecular flexibility index (Phi) is 2.98. The average Bonchev–Trinajstić information content (AvgIpc) is 2.85. The fourth-order valence-electron chi connectivity index (χ4n) is 4.69. The highest BCUT2D eigenvalue weighted by Crippen LogP contribution is 2.63. The maximum absolute atomic E-state index is 11.4. The monoisotopic (exact) mass is 288 g/mol. The molecule has 2 aliphatic rings. The van der Waals surface area contributed by atoms with Crippen LogP contribution in [0.4, 0.5) is 11.4 Å². The molecule has 4 nitrogen and oxygen atoms in total. The van der Waals surface area contributed by atoms with E-state index in [2.05, 4.69) is 26.1 Å². The van der Waals surface area contributed by atoms with E-state index in [1.165, 1.54) is 19.3 Å². The summed E-state index contributed by atoms with van der Waals surface area (Å²) in [5.74, 6) is -0.196. The van der Waals surface area contributed by atoms with Crippen molar-refractivity contribution in [2.24, 2.45) is 16.7 Å². The Labute approximate surface area is 125 Å². The molecule has 4 heteroatoms. The van der Waals surface area contributed by atoms with Crippen molar-refractivity contribution in [1.82, 2.24) is 0 Å². The van der Waals surface area contributed by atoms with Gasteiger partial charge in [-0.25, -0.2) is 4.79 Å². The van der Waals surface area contributed by atoms with Crippen LogP contribution in [0.1, 0.15) is 50.4 Å². The second-order valence-electron chi connectivity index (χ2n) is 7.60. The molecule has 3 unspecified atom stereocenters. The number of fused-ring (bicyclic) bond motifs is 2. The zero-order valence-electron chi connectivity index (χ0n) is 12.9. The summed E-state index contributed by atoms with van der Waals surface area (Å²) in [4.78, 5) is 11.4. The number of carbonyl (C=O) groups is 1. The summed E-state index contributed by atoms with van der Waals surface area (Å²) in [6, 6.07) is 5.25. The topological polar surface area (TPSA) is 75.3 Å². The van der Waals surface area contributed by atoms with Crippen LogP contribution < -0.4 is 11.1 Å². The van der Waals surface area contributed by atoms with Gasteiger partial charge in [0.25, 0.3) is 0 Å². The van der Waals surface area contributed by atoms with Gasteiger partial charge < -0.3 is 16.2 Å². The van der Waals surface area contributed by atoms with E-state index in [0.717, 1.165) is 0 Å². The van der Waals surface area contributed by atoms with Gasteiger partial charge in [-0.15, -0.1) is 0 Å². The first kappa shape index (κ1) is 14.2. The highest BCUT2D eigenvalue weighted by atomic mass is 16.4. The van der Waals surface area contributed by atoms with Crippen molar-refractivity contribution < 1.29 is 9.90 Å². The van der Waals surface area contributed by atoms with E-state index in [0.29, 0.717) is 22.9 Å². The van der Waals surface area contributed by atoms with Gasteiger partial charge in [-0.3, -0.25) is 0 Å². The molecule has 0 spiro atoms. The number of benzene rings is 1. The Morgan fingerprint density at radius 2 is 2.10 bits per heavy atom. The van der Waals surface area contributed by atoms with Gasteiger partial charge in [-0.05, 0) is 54.2 Å². The van der Waals surface area contributed by atoms with Gasteiger partial charge in [0.1, 0.15) is 0 Å². The lowest BCUT2D eigenvalue weighted by atomic mass is 9.68. The predicted molar refractivity (Wildman–Crippen MR) is 84.5 cm³/mol. The number of carboxylic acids is 1. The van der Waals surface area contributed by atoms with Crippen LogP contribution in [0.25, 0.3) is 0 Å². The molecule has 3 rings (SSSR count). The molecule has 0 aromatic heterocycles. The Hall–Kier alpha value is -1.71. The highest BCUT2D eigenvalue weighted by molar-refractivity contribution is 5.95. The van der Waals surface area contributed by atoms with Gasteiger partial charge >= 0.3 is 5.97 Å². The predicted octanol–water partition coefficient (Wildman–Crippen LogP) is 3.59. The number of nitrogens with two attached hydrogens (primary N) is 1. The summed E-state index contributed by atoms with van der Waals surface area (Å²) in [5.41, 5.74) is 7.80. The average molecular weight is 288 g/mol. The lowest BCUT2D eigenvalue weighted by Gasteiger charge is -2.43. The Balaban J connectivity index is 1.97. The number of aromatic carboxylic acids is 1. The van der Waals surface area contributed by atoms with Crippen LogP contribution >= 0.6 is 0 Å². The number of hydrogen-bond acceptors (Lipinski definition) is 3. The van der Waals surface area contributed by atoms with Crippen molar-refractivity contribution in [3.8, 4) is 0 Å². The van der Waals surface area contributed by atoms with Crippen molar-refractivity contribution in [1.29, 1.82) is 0 Å². The summed E-state index contributed by atoms with van der Waals surface area (Å²) in [6.45, 7) is 6.92. The van der Waals surface area contributed by atoms with Crippen LogP contribution in [0, 0.1) is 16.7 Å². The molecular formula is C17H24N2O2. The van der Waals surface area contributed by atoms with Crippen LogP contribution in [0.3, 0.4) is 0 Å². The first-order valence-corrected chi connectivity index (χ1v) is 7.63. The highest BCUT2D eigenvalue weighted by Gasteiger charge is 2.59. The SMILES string of the molecule is CC12CCC(C1)C(C)(C)C2Nc1cc(N)ccc1C(=O)O. The molecule has 4 N–H and O–H groups in total. The first-order valence-electron chi connectivity index (χ1n) is 7.63. The van der Waals surface area contributed by atoms with Crippen molar-refractivity contribution in [3.05, 3.63) is 23.8 Å². The molecule has 2 fully saturated rings. The molecule has 21 heavy (non-hydrogen) atoms. The molecule has 3 atom stereocenters.